The predicted molar refractivity (Wildman–Crippen MR) is 106 cm³/mol. The maximum Gasteiger partial charge on any atom is 0.412 e. The van der Waals surface area contributed by atoms with Crippen molar-refractivity contribution in [2.75, 3.05) is 0 Å². The molecule has 29 heavy (non-hydrogen) atoms. The Bertz CT molecular complexity index is 1110. The van der Waals surface area contributed by atoms with Crippen LogP contribution in [0.3, 0.4) is 0 Å². The molecule has 8 heteroatoms. The van der Waals surface area contributed by atoms with Crippen LogP contribution in [0.4, 0.5) is 4.79 Å². The summed E-state index contributed by atoms with van der Waals surface area (Å²) in [7, 11) is 0. The van der Waals surface area contributed by atoms with Crippen LogP contribution in [0.2, 0.25) is 0 Å². The van der Waals surface area contributed by atoms with Crippen LogP contribution in [0.5, 0.6) is 11.5 Å². The summed E-state index contributed by atoms with van der Waals surface area (Å²) in [6.07, 6.45) is 4.06. The van der Waals surface area contributed by atoms with Crippen LogP contribution in [-0.2, 0) is 6.54 Å². The van der Waals surface area contributed by atoms with E-state index in [2.05, 4.69) is 25.5 Å². The molecule has 0 spiro atoms. The number of hydrogen-bond acceptors (Lipinski definition) is 6. The van der Waals surface area contributed by atoms with Crippen molar-refractivity contribution in [2.24, 2.45) is 0 Å². The lowest BCUT2D eigenvalue weighted by Gasteiger charge is -2.10. The summed E-state index contributed by atoms with van der Waals surface area (Å²) in [6.45, 7) is 0.355. The number of carbonyl (C=O) groups is 1. The second-order valence-electron chi connectivity index (χ2n) is 6.20. The Morgan fingerprint density at radius 3 is 2.69 bits per heavy atom. The number of nitrogens with one attached hydrogen (secondary N) is 2. The van der Waals surface area contributed by atoms with Crippen molar-refractivity contribution in [1.29, 1.82) is 0 Å². The number of aromatic amines is 1. The SMILES string of the molecule is O=C(NCc1ccccc1)Oc1ccc(O)c(-c2cncc(-c3ncn[nH]3)c2)c1. The summed E-state index contributed by atoms with van der Waals surface area (Å²) in [5, 5.41) is 19.6. The van der Waals surface area contributed by atoms with E-state index >= 15 is 0 Å². The highest BCUT2D eigenvalue weighted by Gasteiger charge is 2.12. The van der Waals surface area contributed by atoms with Crippen molar-refractivity contribution in [3.8, 4) is 34.0 Å². The monoisotopic (exact) mass is 387 g/mol. The molecule has 3 N–H and O–H groups in total. The van der Waals surface area contributed by atoms with Crippen LogP contribution in [0, 0.1) is 0 Å². The maximum absolute atomic E-state index is 12.1. The molecule has 2 aromatic carbocycles. The van der Waals surface area contributed by atoms with Gasteiger partial charge >= 0.3 is 6.09 Å². The Morgan fingerprint density at radius 1 is 1.07 bits per heavy atom. The first kappa shape index (κ1) is 18.2. The number of phenols is 1. The molecule has 144 valence electrons. The van der Waals surface area contributed by atoms with Crippen molar-refractivity contribution in [2.45, 2.75) is 6.54 Å². The van der Waals surface area contributed by atoms with Crippen LogP contribution >= 0.6 is 0 Å². The van der Waals surface area contributed by atoms with Gasteiger partial charge in [-0.25, -0.2) is 9.78 Å². The van der Waals surface area contributed by atoms with Gasteiger partial charge in [0.25, 0.3) is 0 Å². The van der Waals surface area contributed by atoms with E-state index < -0.39 is 6.09 Å². The first-order valence-electron chi connectivity index (χ1n) is 8.83. The smallest absolute Gasteiger partial charge is 0.412 e. The molecule has 0 saturated carbocycles. The fourth-order valence-electron chi connectivity index (χ4n) is 2.78. The molecule has 0 radical (unpaired) electrons. The van der Waals surface area contributed by atoms with Crippen molar-refractivity contribution < 1.29 is 14.6 Å². The molecule has 1 amide bonds. The summed E-state index contributed by atoms with van der Waals surface area (Å²) >= 11 is 0. The molecular weight excluding hydrogens is 370 g/mol. The number of benzene rings is 2. The number of ether oxygens (including phenoxy) is 1. The summed E-state index contributed by atoms with van der Waals surface area (Å²) in [6, 6.07) is 15.9. The molecule has 0 atom stereocenters. The highest BCUT2D eigenvalue weighted by Crippen LogP contribution is 2.33. The van der Waals surface area contributed by atoms with Gasteiger partial charge in [0.15, 0.2) is 5.82 Å². The summed E-state index contributed by atoms with van der Waals surface area (Å²) < 4.78 is 5.35. The Labute approximate surface area is 166 Å². The van der Waals surface area contributed by atoms with Gasteiger partial charge in [0.05, 0.1) is 0 Å². The molecule has 2 heterocycles. The number of pyridine rings is 1. The number of amides is 1. The molecule has 0 bridgehead atoms. The maximum atomic E-state index is 12.1. The summed E-state index contributed by atoms with van der Waals surface area (Å²) in [5.41, 5.74) is 2.80. The van der Waals surface area contributed by atoms with E-state index in [1.54, 1.807) is 18.5 Å². The topological polar surface area (TPSA) is 113 Å². The second-order valence-corrected chi connectivity index (χ2v) is 6.20. The van der Waals surface area contributed by atoms with Crippen molar-refractivity contribution in [3.63, 3.8) is 0 Å². The van der Waals surface area contributed by atoms with E-state index in [0.29, 0.717) is 34.8 Å². The molecule has 0 saturated heterocycles. The fraction of sp³-hybridized carbons (Fsp3) is 0.0476. The molecule has 0 aliphatic rings. The lowest BCUT2D eigenvalue weighted by atomic mass is 10.0. The number of hydrogen-bond donors (Lipinski definition) is 3. The van der Waals surface area contributed by atoms with Gasteiger partial charge < -0.3 is 15.2 Å². The quantitative estimate of drug-likeness (QED) is 0.483. The highest BCUT2D eigenvalue weighted by atomic mass is 16.6. The average Bonchev–Trinajstić information content (AvgIpc) is 3.30. The second kappa shape index (κ2) is 8.22. The van der Waals surface area contributed by atoms with Crippen LogP contribution in [0.15, 0.2) is 73.3 Å². The Morgan fingerprint density at radius 2 is 1.90 bits per heavy atom. The average molecular weight is 387 g/mol. The van der Waals surface area contributed by atoms with Crippen LogP contribution in [0.1, 0.15) is 5.56 Å². The number of nitrogens with zero attached hydrogens (tertiary/aromatic N) is 3. The van der Waals surface area contributed by atoms with Crippen molar-refractivity contribution in [1.82, 2.24) is 25.5 Å². The van der Waals surface area contributed by atoms with E-state index in [1.807, 2.05) is 36.4 Å². The van der Waals surface area contributed by atoms with Gasteiger partial charge in [-0.05, 0) is 29.8 Å². The van der Waals surface area contributed by atoms with Gasteiger partial charge in [-0.3, -0.25) is 10.1 Å². The summed E-state index contributed by atoms with van der Waals surface area (Å²) in [4.78, 5) is 20.4. The standard InChI is InChI=1S/C21H17N5O3/c27-19-7-6-17(29-21(28)23-10-14-4-2-1-3-5-14)9-18(19)15-8-16(12-22-11-15)20-24-13-25-26-20/h1-9,11-13,27H,10H2,(H,23,28)(H,24,25,26). The van der Waals surface area contributed by atoms with Crippen LogP contribution in [-0.4, -0.2) is 31.4 Å². The molecule has 4 aromatic rings. The van der Waals surface area contributed by atoms with Crippen molar-refractivity contribution >= 4 is 6.09 Å². The Hall–Kier alpha value is -4.20. The van der Waals surface area contributed by atoms with Gasteiger partial charge in [0.1, 0.15) is 17.8 Å². The summed E-state index contributed by atoms with van der Waals surface area (Å²) in [5.74, 6) is 0.901. The molecule has 2 aromatic heterocycles. The third-order valence-corrected chi connectivity index (χ3v) is 4.20. The van der Waals surface area contributed by atoms with Gasteiger partial charge in [0, 0.05) is 35.6 Å². The molecule has 0 aliphatic heterocycles. The zero-order valence-corrected chi connectivity index (χ0v) is 15.2. The van der Waals surface area contributed by atoms with E-state index in [1.165, 1.54) is 18.5 Å². The number of phenolic OH excluding ortho intramolecular Hbond substituents is 1. The predicted octanol–water partition coefficient (Wildman–Crippen LogP) is 3.53. The number of rotatable bonds is 5. The van der Waals surface area contributed by atoms with Gasteiger partial charge in [-0.15, -0.1) is 0 Å². The molecule has 8 nitrogen and oxygen atoms in total. The number of aromatic nitrogens is 4. The van der Waals surface area contributed by atoms with Gasteiger partial charge in [0.2, 0.25) is 0 Å². The van der Waals surface area contributed by atoms with Crippen LogP contribution < -0.4 is 10.1 Å². The normalized spacial score (nSPS) is 10.5. The minimum atomic E-state index is -0.584. The van der Waals surface area contributed by atoms with E-state index in [0.717, 1.165) is 5.56 Å². The van der Waals surface area contributed by atoms with E-state index in [9.17, 15) is 9.90 Å². The highest BCUT2D eigenvalue weighted by molar-refractivity contribution is 5.76. The third kappa shape index (κ3) is 4.38. The molecule has 0 unspecified atom stereocenters. The lowest BCUT2D eigenvalue weighted by molar-refractivity contribution is 0.200. The molecular formula is C21H17N5O3. The van der Waals surface area contributed by atoms with Crippen molar-refractivity contribution in [3.05, 3.63) is 78.9 Å². The zero-order chi connectivity index (χ0) is 20.1. The first-order valence-corrected chi connectivity index (χ1v) is 8.83. The first-order chi connectivity index (χ1) is 14.2. The van der Waals surface area contributed by atoms with E-state index in [-0.39, 0.29) is 5.75 Å². The van der Waals surface area contributed by atoms with E-state index in [4.69, 9.17) is 4.74 Å². The fourth-order valence-corrected chi connectivity index (χ4v) is 2.78. The molecule has 0 aliphatic carbocycles. The molecule has 4 rings (SSSR count). The largest absolute Gasteiger partial charge is 0.507 e. The Balaban J connectivity index is 1.51. The number of carbonyl (C=O) groups excluding carboxylic acids is 1. The minimum absolute atomic E-state index is 0.0403. The van der Waals surface area contributed by atoms with Crippen LogP contribution in [0.25, 0.3) is 22.5 Å². The van der Waals surface area contributed by atoms with Gasteiger partial charge in [-0.2, -0.15) is 5.10 Å². The van der Waals surface area contributed by atoms with Gasteiger partial charge in [-0.1, -0.05) is 30.3 Å². The zero-order valence-electron chi connectivity index (χ0n) is 15.2. The lowest BCUT2D eigenvalue weighted by Crippen LogP contribution is -2.26. The number of aromatic hydroxyl groups is 1. The minimum Gasteiger partial charge on any atom is -0.507 e. The Kier molecular flexibility index (Phi) is 5.15. The third-order valence-electron chi connectivity index (χ3n) is 4.20. The molecule has 0 fully saturated rings. The number of H-pyrrole nitrogens is 1.